The molecule has 1 N–H and O–H groups in total. The lowest BCUT2D eigenvalue weighted by Crippen LogP contribution is -2.02. The molecule has 0 aliphatic carbocycles. The van der Waals surface area contributed by atoms with Crippen molar-refractivity contribution < 1.29 is 28.5 Å². The Labute approximate surface area is 275 Å². The summed E-state index contributed by atoms with van der Waals surface area (Å²) in [5, 5.41) is 17.0. The number of rotatable bonds is 13. The lowest BCUT2D eigenvalue weighted by Gasteiger charge is -2.12. The van der Waals surface area contributed by atoms with Crippen LogP contribution in [-0.4, -0.2) is 37.9 Å². The minimum Gasteiger partial charge on any atom is -0.493 e. The number of nitrogens with zero attached hydrogens (tertiary/aromatic N) is 4. The van der Waals surface area contributed by atoms with Gasteiger partial charge in [0.25, 0.3) is 0 Å². The van der Waals surface area contributed by atoms with Crippen LogP contribution in [0.4, 0.5) is 0 Å². The Morgan fingerprint density at radius 2 is 1.79 bits per heavy atom. The lowest BCUT2D eigenvalue weighted by molar-refractivity contribution is 0.0697. The molecule has 0 radical (unpaired) electrons. The second-order valence-electron chi connectivity index (χ2n) is 10.5. The number of carbonyl (C=O) groups is 1. The number of carboxylic acid groups (broad SMARTS) is 1. The molecule has 0 amide bonds. The van der Waals surface area contributed by atoms with Gasteiger partial charge in [-0.2, -0.15) is 0 Å². The van der Waals surface area contributed by atoms with Gasteiger partial charge in [0.2, 0.25) is 11.8 Å². The normalized spacial score (nSPS) is 11.2. The van der Waals surface area contributed by atoms with Crippen molar-refractivity contribution in [1.82, 2.24) is 19.7 Å². The van der Waals surface area contributed by atoms with E-state index in [1.54, 1.807) is 42.2 Å². The number of oxazole rings is 1. The van der Waals surface area contributed by atoms with Crippen molar-refractivity contribution in [2.75, 3.05) is 7.11 Å². The highest BCUT2D eigenvalue weighted by atomic mass is 32.1. The molecule has 0 spiro atoms. The zero-order chi connectivity index (χ0) is 32.8. The monoisotopic (exact) mass is 648 g/mol. The molecule has 3 heterocycles. The molecule has 3 aromatic carbocycles. The minimum absolute atomic E-state index is 0.153. The first kappa shape index (κ1) is 31.3. The van der Waals surface area contributed by atoms with Crippen molar-refractivity contribution in [3.63, 3.8) is 0 Å². The third kappa shape index (κ3) is 7.42. The van der Waals surface area contributed by atoms with Crippen molar-refractivity contribution in [1.29, 1.82) is 0 Å². The van der Waals surface area contributed by atoms with E-state index >= 15 is 0 Å². The van der Waals surface area contributed by atoms with Gasteiger partial charge in [0.05, 0.1) is 34.6 Å². The molecular formula is C36H32N4O6S. The largest absolute Gasteiger partial charge is 0.493 e. The highest BCUT2D eigenvalue weighted by molar-refractivity contribution is 7.09. The Morgan fingerprint density at radius 3 is 2.51 bits per heavy atom. The molecule has 3 aromatic heterocycles. The summed E-state index contributed by atoms with van der Waals surface area (Å²) in [7, 11) is 1.58. The highest BCUT2D eigenvalue weighted by Crippen LogP contribution is 2.31. The molecule has 0 bridgehead atoms. The second-order valence-corrected chi connectivity index (χ2v) is 11.4. The third-order valence-corrected chi connectivity index (χ3v) is 8.28. The topological polar surface area (TPSA) is 122 Å². The number of carboxylic acids is 1. The first-order valence-corrected chi connectivity index (χ1v) is 15.8. The zero-order valence-electron chi connectivity index (χ0n) is 26.0. The summed E-state index contributed by atoms with van der Waals surface area (Å²) in [6.07, 6.45) is 6.78. The Bertz CT molecular complexity index is 2010. The molecule has 0 saturated carbocycles. The number of aromatic carboxylic acids is 1. The van der Waals surface area contributed by atoms with Crippen LogP contribution in [0.2, 0.25) is 0 Å². The lowest BCUT2D eigenvalue weighted by atomic mass is 10.1. The molecule has 6 aromatic rings. The standard InChI is InChI=1S/C36H32N4O6S/c1-4-33-37-28(22-47-33)16-15-27-19-40(29-8-6-5-7-9-29)39-35(27)45-20-24-10-17-31(32(18-24)43-3)44-21-30-23(2)46-34(38-30)25-11-13-26(14-12-25)36(41)42/h5-19,22H,4,20-21H2,1-3H3,(H,41,42)/b16-15-. The Hall–Kier alpha value is -5.68. The van der Waals surface area contributed by atoms with E-state index in [1.807, 2.05) is 72.3 Å². The van der Waals surface area contributed by atoms with E-state index in [0.29, 0.717) is 40.3 Å². The van der Waals surface area contributed by atoms with E-state index < -0.39 is 5.97 Å². The number of hydrogen-bond acceptors (Lipinski definition) is 9. The number of thiazole rings is 1. The number of benzene rings is 3. The van der Waals surface area contributed by atoms with Crippen LogP contribution < -0.4 is 14.2 Å². The van der Waals surface area contributed by atoms with E-state index in [0.717, 1.165) is 33.9 Å². The maximum absolute atomic E-state index is 11.2. The molecule has 47 heavy (non-hydrogen) atoms. The summed E-state index contributed by atoms with van der Waals surface area (Å²) >= 11 is 1.65. The molecule has 0 saturated heterocycles. The van der Waals surface area contributed by atoms with Crippen molar-refractivity contribution >= 4 is 29.5 Å². The molecule has 0 atom stereocenters. The number of methoxy groups -OCH3 is 1. The maximum atomic E-state index is 11.2. The van der Waals surface area contributed by atoms with Gasteiger partial charge in [-0.25, -0.2) is 19.4 Å². The fourth-order valence-corrected chi connectivity index (χ4v) is 5.42. The van der Waals surface area contributed by atoms with Crippen LogP contribution in [0, 0.1) is 6.92 Å². The van der Waals surface area contributed by atoms with Crippen LogP contribution in [0.25, 0.3) is 29.3 Å². The van der Waals surface area contributed by atoms with Gasteiger partial charge in [-0.1, -0.05) is 31.2 Å². The number of hydrogen-bond donors (Lipinski definition) is 1. The molecule has 10 nitrogen and oxygen atoms in total. The molecule has 6 rings (SSSR count). The van der Waals surface area contributed by atoms with E-state index in [2.05, 4.69) is 16.9 Å². The maximum Gasteiger partial charge on any atom is 0.335 e. The highest BCUT2D eigenvalue weighted by Gasteiger charge is 2.16. The summed E-state index contributed by atoms with van der Waals surface area (Å²) in [4.78, 5) is 20.4. The average molecular weight is 649 g/mol. The first-order chi connectivity index (χ1) is 22.9. The predicted octanol–water partition coefficient (Wildman–Crippen LogP) is 7.89. The predicted molar refractivity (Wildman–Crippen MR) is 179 cm³/mol. The van der Waals surface area contributed by atoms with Gasteiger partial charge >= 0.3 is 5.97 Å². The summed E-state index contributed by atoms with van der Waals surface area (Å²) in [5.41, 5.74) is 5.01. The summed E-state index contributed by atoms with van der Waals surface area (Å²) < 4.78 is 25.6. The van der Waals surface area contributed by atoms with Crippen molar-refractivity contribution in [3.05, 3.63) is 123 Å². The second kappa shape index (κ2) is 14.2. The average Bonchev–Trinajstić information content (AvgIpc) is 3.84. The quantitative estimate of drug-likeness (QED) is 0.133. The van der Waals surface area contributed by atoms with Crippen LogP contribution in [0.15, 0.2) is 88.8 Å². The Kier molecular flexibility index (Phi) is 9.44. The SMILES string of the molecule is CCc1nc(/C=C\c2cn(-c3ccccc3)nc2OCc2ccc(OCc3nc(-c4ccc(C(=O)O)cc4)oc3C)c(OC)c2)cs1. The number of aryl methyl sites for hydroxylation is 2. The van der Waals surface area contributed by atoms with Crippen LogP contribution in [-0.2, 0) is 19.6 Å². The summed E-state index contributed by atoms with van der Waals surface area (Å²) in [6.45, 7) is 4.31. The van der Waals surface area contributed by atoms with Gasteiger partial charge in [-0.15, -0.1) is 16.4 Å². The molecular weight excluding hydrogens is 616 g/mol. The fraction of sp³-hybridized carbons (Fsp3) is 0.167. The van der Waals surface area contributed by atoms with Crippen molar-refractivity contribution in [2.24, 2.45) is 0 Å². The van der Waals surface area contributed by atoms with Crippen molar-refractivity contribution in [3.8, 4) is 34.5 Å². The van der Waals surface area contributed by atoms with Gasteiger partial charge in [0.1, 0.15) is 24.7 Å². The fourth-order valence-electron chi connectivity index (χ4n) is 4.71. The minimum atomic E-state index is -0.991. The first-order valence-electron chi connectivity index (χ1n) is 14.9. The zero-order valence-corrected chi connectivity index (χ0v) is 26.9. The molecule has 0 unspecified atom stereocenters. The van der Waals surface area contributed by atoms with Crippen LogP contribution in [0.1, 0.15) is 50.6 Å². The van der Waals surface area contributed by atoms with Crippen LogP contribution >= 0.6 is 11.3 Å². The van der Waals surface area contributed by atoms with Gasteiger partial charge in [-0.3, -0.25) is 0 Å². The van der Waals surface area contributed by atoms with Gasteiger partial charge in [0, 0.05) is 17.1 Å². The van der Waals surface area contributed by atoms with Gasteiger partial charge in [-0.05, 0) is 79.6 Å². The van der Waals surface area contributed by atoms with E-state index in [1.165, 1.54) is 12.1 Å². The number of ether oxygens (including phenoxy) is 3. The number of aromatic nitrogens is 4. The summed E-state index contributed by atoms with van der Waals surface area (Å²) in [5.74, 6) is 1.57. The molecule has 0 aliphatic heterocycles. The van der Waals surface area contributed by atoms with Gasteiger partial charge in [0.15, 0.2) is 11.5 Å². The van der Waals surface area contributed by atoms with Crippen LogP contribution in [0.3, 0.4) is 0 Å². The van der Waals surface area contributed by atoms with E-state index in [-0.39, 0.29) is 18.8 Å². The molecule has 238 valence electrons. The molecule has 11 heteroatoms. The smallest absolute Gasteiger partial charge is 0.335 e. The van der Waals surface area contributed by atoms with E-state index in [9.17, 15) is 4.79 Å². The van der Waals surface area contributed by atoms with E-state index in [4.69, 9.17) is 28.8 Å². The van der Waals surface area contributed by atoms with Gasteiger partial charge < -0.3 is 23.7 Å². The van der Waals surface area contributed by atoms with Crippen molar-refractivity contribution in [2.45, 2.75) is 33.5 Å². The molecule has 0 aliphatic rings. The number of para-hydroxylation sites is 1. The Balaban J connectivity index is 1.15. The third-order valence-electron chi connectivity index (χ3n) is 7.27. The Morgan fingerprint density at radius 1 is 0.979 bits per heavy atom. The summed E-state index contributed by atoms with van der Waals surface area (Å²) in [6, 6.07) is 21.8. The molecule has 0 fully saturated rings. The van der Waals surface area contributed by atoms with Crippen LogP contribution in [0.5, 0.6) is 17.4 Å².